The Morgan fingerprint density at radius 1 is 1.29 bits per heavy atom. The highest BCUT2D eigenvalue weighted by molar-refractivity contribution is 5.82. The Morgan fingerprint density at radius 3 is 2.82 bits per heavy atom. The van der Waals surface area contributed by atoms with Crippen molar-refractivity contribution in [1.29, 1.82) is 0 Å². The lowest BCUT2D eigenvalue weighted by Crippen LogP contribution is -2.44. The smallest absolute Gasteiger partial charge is 0.239 e. The van der Waals surface area contributed by atoms with E-state index in [9.17, 15) is 4.79 Å². The third-order valence-corrected chi connectivity index (χ3v) is 4.66. The zero-order valence-corrected chi connectivity index (χ0v) is 10.4. The van der Waals surface area contributed by atoms with Gasteiger partial charge >= 0.3 is 0 Å². The van der Waals surface area contributed by atoms with E-state index in [2.05, 4.69) is 10.2 Å². The summed E-state index contributed by atoms with van der Waals surface area (Å²) in [6.45, 7) is 4.68. The predicted molar refractivity (Wildman–Crippen MR) is 64.7 cm³/mol. The van der Waals surface area contributed by atoms with Crippen molar-refractivity contribution >= 4 is 5.91 Å². The Balaban J connectivity index is 1.60. The molecule has 17 heavy (non-hydrogen) atoms. The summed E-state index contributed by atoms with van der Waals surface area (Å²) >= 11 is 0. The number of amides is 1. The minimum Gasteiger partial charge on any atom is -0.381 e. The van der Waals surface area contributed by atoms with Gasteiger partial charge in [0.05, 0.1) is 6.04 Å². The fraction of sp³-hybridized carbons (Fsp3) is 0.923. The van der Waals surface area contributed by atoms with E-state index in [4.69, 9.17) is 4.74 Å². The van der Waals surface area contributed by atoms with Crippen LogP contribution in [0.2, 0.25) is 0 Å². The Morgan fingerprint density at radius 2 is 2.12 bits per heavy atom. The molecule has 3 fully saturated rings. The summed E-state index contributed by atoms with van der Waals surface area (Å²) in [5.74, 6) is 0.339. The lowest BCUT2D eigenvalue weighted by atomic mass is 9.80. The van der Waals surface area contributed by atoms with E-state index in [0.717, 1.165) is 58.5 Å². The molecule has 0 saturated carbocycles. The molecule has 0 aromatic carbocycles. The van der Waals surface area contributed by atoms with E-state index in [1.54, 1.807) is 0 Å². The monoisotopic (exact) mass is 238 g/mol. The molecule has 1 atom stereocenters. The molecule has 0 aliphatic carbocycles. The van der Waals surface area contributed by atoms with Gasteiger partial charge in [0, 0.05) is 26.3 Å². The second-order valence-corrected chi connectivity index (χ2v) is 5.77. The van der Waals surface area contributed by atoms with Crippen molar-refractivity contribution < 1.29 is 9.53 Å². The summed E-state index contributed by atoms with van der Waals surface area (Å²) in [7, 11) is 0. The Bertz CT molecular complexity index is 294. The van der Waals surface area contributed by atoms with Crippen molar-refractivity contribution in [2.45, 2.75) is 38.1 Å². The second kappa shape index (κ2) is 4.58. The number of rotatable bonds is 1. The number of carbonyl (C=O) groups is 1. The third-order valence-electron chi connectivity index (χ3n) is 4.66. The van der Waals surface area contributed by atoms with Gasteiger partial charge in [0.15, 0.2) is 0 Å². The molecule has 0 radical (unpaired) electrons. The molecule has 1 unspecified atom stereocenters. The molecule has 0 aromatic rings. The fourth-order valence-corrected chi connectivity index (χ4v) is 3.45. The van der Waals surface area contributed by atoms with Crippen molar-refractivity contribution in [2.75, 3.05) is 32.8 Å². The van der Waals surface area contributed by atoms with Gasteiger partial charge in [0.2, 0.25) is 5.91 Å². The first-order chi connectivity index (χ1) is 8.29. The minimum absolute atomic E-state index is 0.102. The number of nitrogens with one attached hydrogen (secondary N) is 1. The molecule has 1 spiro atoms. The van der Waals surface area contributed by atoms with Crippen molar-refractivity contribution in [3.8, 4) is 0 Å². The maximum Gasteiger partial charge on any atom is 0.239 e. The maximum atomic E-state index is 12.3. The van der Waals surface area contributed by atoms with Gasteiger partial charge in [-0.25, -0.2) is 0 Å². The molecule has 4 heteroatoms. The van der Waals surface area contributed by atoms with Crippen molar-refractivity contribution in [1.82, 2.24) is 10.2 Å². The average molecular weight is 238 g/mol. The normalized spacial score (nSPS) is 32.2. The van der Waals surface area contributed by atoms with Crippen LogP contribution >= 0.6 is 0 Å². The second-order valence-electron chi connectivity index (χ2n) is 5.77. The molecule has 3 aliphatic heterocycles. The van der Waals surface area contributed by atoms with Crippen molar-refractivity contribution in [2.24, 2.45) is 5.41 Å². The van der Waals surface area contributed by atoms with Crippen LogP contribution in [-0.4, -0.2) is 49.7 Å². The number of hydrogen-bond donors (Lipinski definition) is 1. The molecule has 0 bridgehead atoms. The summed E-state index contributed by atoms with van der Waals surface area (Å²) < 4.78 is 5.44. The molecule has 3 saturated heterocycles. The SMILES string of the molecule is O=C(C1CCCN1)N1CCC2(CCOCC2)C1. The highest BCUT2D eigenvalue weighted by Gasteiger charge is 2.42. The zero-order valence-electron chi connectivity index (χ0n) is 10.4. The molecular formula is C13H22N2O2. The van der Waals surface area contributed by atoms with Crippen LogP contribution in [-0.2, 0) is 9.53 Å². The molecule has 4 nitrogen and oxygen atoms in total. The van der Waals surface area contributed by atoms with E-state index >= 15 is 0 Å². The van der Waals surface area contributed by atoms with Crippen LogP contribution in [0.25, 0.3) is 0 Å². The number of nitrogens with zero attached hydrogens (tertiary/aromatic N) is 1. The van der Waals surface area contributed by atoms with Crippen molar-refractivity contribution in [3.63, 3.8) is 0 Å². The molecule has 3 rings (SSSR count). The number of ether oxygens (including phenoxy) is 1. The molecule has 3 aliphatic rings. The number of hydrogen-bond acceptors (Lipinski definition) is 3. The van der Waals surface area contributed by atoms with Crippen LogP contribution in [0.15, 0.2) is 0 Å². The van der Waals surface area contributed by atoms with Gasteiger partial charge in [-0.3, -0.25) is 4.79 Å². The number of carbonyl (C=O) groups excluding carboxylic acids is 1. The van der Waals surface area contributed by atoms with Crippen LogP contribution < -0.4 is 5.32 Å². The van der Waals surface area contributed by atoms with Crippen LogP contribution in [0.3, 0.4) is 0 Å². The first kappa shape index (κ1) is 11.5. The van der Waals surface area contributed by atoms with Gasteiger partial charge in [0.25, 0.3) is 0 Å². The summed E-state index contributed by atoms with van der Waals surface area (Å²) in [5, 5.41) is 3.31. The van der Waals surface area contributed by atoms with E-state index < -0.39 is 0 Å². The van der Waals surface area contributed by atoms with Crippen LogP contribution in [0, 0.1) is 5.41 Å². The van der Waals surface area contributed by atoms with Gasteiger partial charge in [-0.05, 0) is 44.1 Å². The molecule has 96 valence electrons. The average Bonchev–Trinajstić information content (AvgIpc) is 2.99. The van der Waals surface area contributed by atoms with Crippen molar-refractivity contribution in [3.05, 3.63) is 0 Å². The highest BCUT2D eigenvalue weighted by Crippen LogP contribution is 2.39. The lowest BCUT2D eigenvalue weighted by Gasteiger charge is -2.33. The van der Waals surface area contributed by atoms with Gasteiger partial charge in [0.1, 0.15) is 0 Å². The molecule has 0 aromatic heterocycles. The highest BCUT2D eigenvalue weighted by atomic mass is 16.5. The van der Waals surface area contributed by atoms with Crippen LogP contribution in [0.4, 0.5) is 0 Å². The minimum atomic E-state index is 0.102. The van der Waals surface area contributed by atoms with Gasteiger partial charge < -0.3 is 15.0 Å². The molecule has 1 amide bonds. The summed E-state index contributed by atoms with van der Waals surface area (Å²) in [4.78, 5) is 14.4. The Labute approximate surface area is 103 Å². The molecule has 3 heterocycles. The summed E-state index contributed by atoms with van der Waals surface area (Å²) in [5.41, 5.74) is 0.381. The van der Waals surface area contributed by atoms with Gasteiger partial charge in [-0.2, -0.15) is 0 Å². The first-order valence-corrected chi connectivity index (χ1v) is 6.89. The van der Waals surface area contributed by atoms with Gasteiger partial charge in [-0.15, -0.1) is 0 Å². The Kier molecular flexibility index (Phi) is 3.09. The van der Waals surface area contributed by atoms with E-state index in [-0.39, 0.29) is 6.04 Å². The predicted octanol–water partition coefficient (Wildman–Crippen LogP) is 0.767. The van der Waals surface area contributed by atoms with E-state index in [1.165, 1.54) is 6.42 Å². The summed E-state index contributed by atoms with van der Waals surface area (Å²) in [6, 6.07) is 0.102. The molecular weight excluding hydrogens is 216 g/mol. The van der Waals surface area contributed by atoms with E-state index in [0.29, 0.717) is 11.3 Å². The van der Waals surface area contributed by atoms with E-state index in [1.807, 2.05) is 0 Å². The standard InChI is InChI=1S/C13H22N2O2/c16-12(11-2-1-6-14-11)15-7-3-13(10-15)4-8-17-9-5-13/h11,14H,1-10H2. The fourth-order valence-electron chi connectivity index (χ4n) is 3.45. The molecule has 1 N–H and O–H groups in total. The number of likely N-dealkylation sites (tertiary alicyclic amines) is 1. The first-order valence-electron chi connectivity index (χ1n) is 6.89. The largest absolute Gasteiger partial charge is 0.381 e. The zero-order chi connectivity index (χ0) is 11.7. The Hall–Kier alpha value is -0.610. The lowest BCUT2D eigenvalue weighted by molar-refractivity contribution is -0.132. The van der Waals surface area contributed by atoms with Gasteiger partial charge in [-0.1, -0.05) is 0 Å². The van der Waals surface area contributed by atoms with Crippen LogP contribution in [0.5, 0.6) is 0 Å². The summed E-state index contributed by atoms with van der Waals surface area (Å²) in [6.07, 6.45) is 5.60. The topological polar surface area (TPSA) is 41.6 Å². The quantitative estimate of drug-likeness (QED) is 0.733. The van der Waals surface area contributed by atoms with Crippen LogP contribution in [0.1, 0.15) is 32.1 Å². The third kappa shape index (κ3) is 2.20. The maximum absolute atomic E-state index is 12.3.